The summed E-state index contributed by atoms with van der Waals surface area (Å²) >= 11 is 0. The van der Waals surface area contributed by atoms with Gasteiger partial charge in [0.15, 0.2) is 9.84 Å². The Kier molecular flexibility index (Phi) is 28.5. The number of amides is 7. The average Bonchev–Trinajstić information content (AvgIpc) is 0.822. The molecule has 7 amide bonds. The van der Waals surface area contributed by atoms with Gasteiger partial charge in [0.05, 0.1) is 46.8 Å². The van der Waals surface area contributed by atoms with Gasteiger partial charge in [0, 0.05) is 60.4 Å². The van der Waals surface area contributed by atoms with Gasteiger partial charge in [-0.3, -0.25) is 24.5 Å². The van der Waals surface area contributed by atoms with E-state index in [2.05, 4.69) is 20.9 Å². The number of rotatable bonds is 24. The largest absolute Gasteiger partial charge is 0.497 e. The minimum absolute atomic E-state index is 0.0332. The maximum Gasteiger partial charge on any atom is 0.329 e. The molecule has 29 nitrogen and oxygen atoms in total. The van der Waals surface area contributed by atoms with Gasteiger partial charge in [-0.1, -0.05) is 93.6 Å². The molecule has 0 atom stereocenters. The van der Waals surface area contributed by atoms with Gasteiger partial charge in [0.1, 0.15) is 84.2 Å². The fourth-order valence-electron chi connectivity index (χ4n) is 12.0. The third-order valence-corrected chi connectivity index (χ3v) is 22.0. The second-order valence-corrected chi connectivity index (χ2v) is 36.0. The summed E-state index contributed by atoms with van der Waals surface area (Å²) in [6, 6.07) is 54.0. The quantitative estimate of drug-likeness (QED) is 0.0327. The number of carbonyl (C=O) groups excluding carboxylic acids is 6. The van der Waals surface area contributed by atoms with Crippen molar-refractivity contribution in [3.8, 4) is 85.1 Å². The molecule has 2 fully saturated rings. The SMILES string of the molecule is COc1ccc(-c2cccc(Oc3ccc(C(=O)N4CC(O)C4)cc3S(=O)(=O)NC(=O)NC(C)(C)C)c2)cc1.COc1ccc(-c2cccc(Oc3ccc(C(=O)N4CCOCC4)cc3S(=O)(=O)CC(=O)CC(C)(C)C)c2)cc1.COc1ccc(-c2cccc(Oc3ccc(C(=O)Nc4ncco4)cc3S(=O)(=O)NC(=O)NC(C)(C)C)c2)cc1. The molecule has 2 saturated heterocycles. The monoisotopic (exact) mass is 1680 g/mol. The van der Waals surface area contributed by atoms with Gasteiger partial charge in [-0.05, 0) is 208 Å². The summed E-state index contributed by atoms with van der Waals surface area (Å²) in [4.78, 5) is 82.2. The van der Waals surface area contributed by atoms with Crippen LogP contribution in [0.1, 0.15) is 99.8 Å². The number of carbonyl (C=O) groups is 6. The number of methoxy groups -OCH3 is 3. The lowest BCUT2D eigenvalue weighted by Crippen LogP contribution is -2.53. The molecular weight excluding hydrogens is 1590 g/mol. The number of morpholine rings is 1. The van der Waals surface area contributed by atoms with Gasteiger partial charge in [-0.25, -0.2) is 49.3 Å². The van der Waals surface area contributed by atoms with Crippen LogP contribution in [0.2, 0.25) is 0 Å². The molecule has 119 heavy (non-hydrogen) atoms. The maximum absolute atomic E-state index is 13.6. The van der Waals surface area contributed by atoms with Gasteiger partial charge < -0.3 is 63.1 Å². The van der Waals surface area contributed by atoms with Crippen molar-refractivity contribution in [1.82, 2.24) is 34.9 Å². The summed E-state index contributed by atoms with van der Waals surface area (Å²) < 4.78 is 129. The van der Waals surface area contributed by atoms with Crippen LogP contribution in [0.25, 0.3) is 33.4 Å². The highest BCUT2D eigenvalue weighted by atomic mass is 32.2. The summed E-state index contributed by atoms with van der Waals surface area (Å²) in [5, 5.41) is 17.1. The molecule has 0 unspecified atom stereocenters. The van der Waals surface area contributed by atoms with Crippen LogP contribution in [0.15, 0.2) is 232 Å². The van der Waals surface area contributed by atoms with Crippen molar-refractivity contribution < 1.29 is 96.7 Å². The number of benzene rings is 9. The first-order valence-electron chi connectivity index (χ1n) is 37.4. The highest BCUT2D eigenvalue weighted by Crippen LogP contribution is 2.38. The van der Waals surface area contributed by atoms with Crippen LogP contribution in [-0.2, 0) is 39.4 Å². The number of aromatic nitrogens is 1. The number of anilines is 1. The van der Waals surface area contributed by atoms with E-state index in [-0.39, 0.29) is 80.6 Å². The van der Waals surface area contributed by atoms with Gasteiger partial charge >= 0.3 is 18.1 Å². The van der Waals surface area contributed by atoms with E-state index < -0.39 is 87.4 Å². The van der Waals surface area contributed by atoms with Crippen LogP contribution in [-0.4, -0.2) is 164 Å². The second-order valence-electron chi connectivity index (χ2n) is 30.8. The van der Waals surface area contributed by atoms with E-state index in [1.165, 1.54) is 59.8 Å². The van der Waals surface area contributed by atoms with Crippen LogP contribution in [0.5, 0.6) is 51.7 Å². The molecule has 32 heteroatoms. The van der Waals surface area contributed by atoms with E-state index >= 15 is 0 Å². The number of β-amino-alcohol motifs (C(OH)–C–C–N with tert-alkyl or cyclic N) is 1. The van der Waals surface area contributed by atoms with Crippen molar-refractivity contribution in [2.45, 2.75) is 101 Å². The lowest BCUT2D eigenvalue weighted by atomic mass is 9.90. The number of likely N-dealkylation sites (tertiary alicyclic amines) is 1. The summed E-state index contributed by atoms with van der Waals surface area (Å²) in [7, 11) is -8.30. The summed E-state index contributed by atoms with van der Waals surface area (Å²) in [5.41, 5.74) is 3.74. The first kappa shape index (κ1) is 88.7. The third-order valence-electron chi connectivity index (χ3n) is 17.6. The number of hydrogen-bond acceptors (Lipinski definition) is 22. The minimum atomic E-state index is -4.49. The number of Topliss-reactive ketones (excluding diaryl/α,β-unsaturated/α-hetero) is 1. The Morgan fingerprint density at radius 3 is 1.21 bits per heavy atom. The molecular formula is C87H94N8O21S3. The van der Waals surface area contributed by atoms with E-state index in [1.807, 2.05) is 127 Å². The third kappa shape index (κ3) is 25.2. The van der Waals surface area contributed by atoms with E-state index in [4.69, 9.17) is 37.6 Å². The zero-order chi connectivity index (χ0) is 86.2. The van der Waals surface area contributed by atoms with Crippen molar-refractivity contribution in [1.29, 1.82) is 0 Å². The molecule has 2 aliphatic heterocycles. The molecule has 0 bridgehead atoms. The number of nitrogens with one attached hydrogen (secondary N) is 5. The summed E-state index contributed by atoms with van der Waals surface area (Å²) in [6.07, 6.45) is 2.12. The molecule has 6 N–H and O–H groups in total. The van der Waals surface area contributed by atoms with Crippen LogP contribution in [0.4, 0.5) is 15.6 Å². The molecule has 2 aliphatic rings. The van der Waals surface area contributed by atoms with Crippen molar-refractivity contribution in [2.24, 2.45) is 5.41 Å². The molecule has 12 rings (SSSR count). The number of hydrogen-bond donors (Lipinski definition) is 6. The number of sulfonamides is 2. The molecule has 10 aromatic rings. The normalized spacial score (nSPS) is 13.1. The number of urea groups is 2. The molecule has 626 valence electrons. The number of oxazole rings is 1. The van der Waals surface area contributed by atoms with Crippen LogP contribution in [0, 0.1) is 5.41 Å². The Labute approximate surface area is 691 Å². The highest BCUT2D eigenvalue weighted by Gasteiger charge is 2.34. The highest BCUT2D eigenvalue weighted by molar-refractivity contribution is 7.92. The second kappa shape index (κ2) is 38.2. The number of aliphatic hydroxyl groups is 1. The Balaban J connectivity index is 0.000000188. The topological polar surface area (TPSA) is 382 Å². The van der Waals surface area contributed by atoms with E-state index in [0.29, 0.717) is 55.1 Å². The zero-order valence-corrected chi connectivity index (χ0v) is 70.1. The van der Waals surface area contributed by atoms with Crippen molar-refractivity contribution in [2.75, 3.05) is 71.8 Å². The first-order chi connectivity index (χ1) is 56.2. The smallest absolute Gasteiger partial charge is 0.329 e. The number of aliphatic hydroxyl groups excluding tert-OH is 1. The first-order valence-corrected chi connectivity index (χ1v) is 42.0. The van der Waals surface area contributed by atoms with Crippen molar-refractivity contribution in [3.63, 3.8) is 0 Å². The van der Waals surface area contributed by atoms with Gasteiger partial charge in [-0.15, -0.1) is 0 Å². The lowest BCUT2D eigenvalue weighted by Gasteiger charge is -2.36. The Bertz CT molecular complexity index is 5660. The Morgan fingerprint density at radius 1 is 0.462 bits per heavy atom. The van der Waals surface area contributed by atoms with Crippen LogP contribution in [0.3, 0.4) is 0 Å². The van der Waals surface area contributed by atoms with Crippen molar-refractivity contribution >= 4 is 71.5 Å². The van der Waals surface area contributed by atoms with Gasteiger partial charge in [0.25, 0.3) is 37.8 Å². The number of sulfone groups is 1. The average molecular weight is 1680 g/mol. The minimum Gasteiger partial charge on any atom is -0.497 e. The predicted molar refractivity (Wildman–Crippen MR) is 446 cm³/mol. The van der Waals surface area contributed by atoms with Gasteiger partial charge in [-0.2, -0.15) is 0 Å². The molecule has 1 aromatic heterocycles. The van der Waals surface area contributed by atoms with Crippen LogP contribution < -0.4 is 53.8 Å². The predicted octanol–water partition coefficient (Wildman–Crippen LogP) is 14.3. The van der Waals surface area contributed by atoms with E-state index in [1.54, 1.807) is 122 Å². The summed E-state index contributed by atoms with van der Waals surface area (Å²) in [5.74, 6) is 0.645. The summed E-state index contributed by atoms with van der Waals surface area (Å²) in [6.45, 7) is 17.9. The Hall–Kier alpha value is -12.6. The van der Waals surface area contributed by atoms with Gasteiger partial charge in [0.2, 0.25) is 0 Å². The number of nitrogens with zero attached hydrogens (tertiary/aromatic N) is 3. The molecule has 0 aliphatic carbocycles. The lowest BCUT2D eigenvalue weighted by molar-refractivity contribution is -0.118. The fraction of sp³-hybridized carbons (Fsp3) is 0.276. The molecule has 9 aromatic carbocycles. The number of ether oxygens (including phenoxy) is 7. The molecule has 0 saturated carbocycles. The molecule has 3 heterocycles. The standard InChI is InChI=1S/C31H35NO7S.C28H28N4O7S.C28H31N3O7S/c1-31(2,3)20-25(33)21-40(35,36)29-19-24(30(34)32-14-16-38-17-15-32)10-13-28(29)39-27-7-5-6-23(18-27)22-8-11-26(37-4)12-9-22;1-28(2,3)31-26(34)32-40(35,36)24-17-20(25(33)30-27-29-14-15-38-27)10-13-23(24)39-22-7-5-6-19(16-22)18-8-11-21(37-4)12-9-18;1-28(2,3)29-27(34)30-39(35,36)25-15-20(26(33)31-16-21(32)17-31)10-13-24(25)38-23-7-5-6-19(14-23)18-8-11-22(37-4)12-9-18/h5-13,18-19H,14-17,20-21H2,1-4H3;5-17H,1-4H3,(H,29,30,33)(H2,31,32,34);5-15,21,32H,16-17H2,1-4H3,(H2,29,30,34). The molecule has 0 spiro atoms. The van der Waals surface area contributed by atoms with Crippen LogP contribution >= 0.6 is 0 Å². The van der Waals surface area contributed by atoms with E-state index in [0.717, 1.165) is 45.2 Å². The Morgan fingerprint density at radius 2 is 0.840 bits per heavy atom. The molecule has 0 radical (unpaired) electrons. The zero-order valence-electron chi connectivity index (χ0n) is 67.6. The fourth-order valence-corrected chi connectivity index (χ4v) is 15.5. The number of ketones is 1. The van der Waals surface area contributed by atoms with Crippen molar-refractivity contribution in [3.05, 3.63) is 229 Å². The van der Waals surface area contributed by atoms with E-state index in [9.17, 15) is 59.1 Å². The maximum atomic E-state index is 13.6.